The number of alkyl halides is 3. The number of hydrogen-bond acceptors (Lipinski definition) is 2. The van der Waals surface area contributed by atoms with Gasteiger partial charge in [0, 0.05) is 24.7 Å². The van der Waals surface area contributed by atoms with Gasteiger partial charge in [-0.1, -0.05) is 66.7 Å². The molecule has 0 aliphatic carbocycles. The van der Waals surface area contributed by atoms with E-state index < -0.39 is 17.6 Å². The molecule has 148 valence electrons. The SMILES string of the molecule is CN(Cc1ccccc1C(F)(F)F)C(=O)c1ccccc1C(=O)c1ccccc1. The topological polar surface area (TPSA) is 37.4 Å². The zero-order chi connectivity index (χ0) is 21.0. The average Bonchev–Trinajstić information content (AvgIpc) is 2.73. The zero-order valence-electron chi connectivity index (χ0n) is 15.6. The van der Waals surface area contributed by atoms with Crippen molar-refractivity contribution >= 4 is 11.7 Å². The highest BCUT2D eigenvalue weighted by Crippen LogP contribution is 2.32. The first kappa shape index (κ1) is 20.3. The van der Waals surface area contributed by atoms with Crippen LogP contribution in [0.15, 0.2) is 78.9 Å². The molecule has 0 radical (unpaired) electrons. The summed E-state index contributed by atoms with van der Waals surface area (Å²) in [7, 11) is 1.42. The standard InChI is InChI=1S/C23H18F3NO2/c1-27(15-17-11-5-8-14-20(17)23(24,25)26)22(29)19-13-7-6-12-18(19)21(28)16-9-3-2-4-10-16/h2-14H,15H2,1H3. The van der Waals surface area contributed by atoms with Crippen molar-refractivity contribution in [1.29, 1.82) is 0 Å². The molecule has 0 aliphatic rings. The number of carbonyl (C=O) groups excluding carboxylic acids is 2. The van der Waals surface area contributed by atoms with Gasteiger partial charge in [-0.15, -0.1) is 0 Å². The first-order valence-electron chi connectivity index (χ1n) is 8.88. The van der Waals surface area contributed by atoms with E-state index in [0.29, 0.717) is 5.56 Å². The van der Waals surface area contributed by atoms with E-state index in [0.717, 1.165) is 6.07 Å². The van der Waals surface area contributed by atoms with Crippen LogP contribution in [0.25, 0.3) is 0 Å². The molecule has 0 bridgehead atoms. The quantitative estimate of drug-likeness (QED) is 0.555. The maximum absolute atomic E-state index is 13.2. The van der Waals surface area contributed by atoms with Crippen molar-refractivity contribution < 1.29 is 22.8 Å². The smallest absolute Gasteiger partial charge is 0.337 e. The first-order valence-corrected chi connectivity index (χ1v) is 8.88. The summed E-state index contributed by atoms with van der Waals surface area (Å²) in [5, 5.41) is 0. The predicted octanol–water partition coefficient (Wildman–Crippen LogP) is 5.21. The zero-order valence-corrected chi connectivity index (χ0v) is 15.6. The fourth-order valence-corrected chi connectivity index (χ4v) is 3.08. The van der Waals surface area contributed by atoms with E-state index in [1.165, 1.54) is 36.2 Å². The summed E-state index contributed by atoms with van der Waals surface area (Å²) in [6, 6.07) is 19.9. The minimum absolute atomic E-state index is 0.0114. The second-order valence-corrected chi connectivity index (χ2v) is 6.56. The number of benzene rings is 3. The lowest BCUT2D eigenvalue weighted by atomic mass is 9.97. The Morgan fingerprint density at radius 1 is 0.793 bits per heavy atom. The Hall–Kier alpha value is -3.41. The monoisotopic (exact) mass is 397 g/mol. The molecule has 0 aliphatic heterocycles. The lowest BCUT2D eigenvalue weighted by molar-refractivity contribution is -0.138. The molecule has 0 saturated heterocycles. The minimum atomic E-state index is -4.51. The molecular weight excluding hydrogens is 379 g/mol. The van der Waals surface area contributed by atoms with Crippen molar-refractivity contribution in [3.05, 3.63) is 107 Å². The van der Waals surface area contributed by atoms with Crippen molar-refractivity contribution in [2.45, 2.75) is 12.7 Å². The summed E-state index contributed by atoms with van der Waals surface area (Å²) in [4.78, 5) is 27.0. The van der Waals surface area contributed by atoms with Crippen molar-refractivity contribution in [3.63, 3.8) is 0 Å². The molecule has 3 aromatic carbocycles. The highest BCUT2D eigenvalue weighted by molar-refractivity contribution is 6.15. The van der Waals surface area contributed by atoms with Crippen LogP contribution in [0.2, 0.25) is 0 Å². The van der Waals surface area contributed by atoms with Crippen LogP contribution >= 0.6 is 0 Å². The molecule has 0 saturated carbocycles. The van der Waals surface area contributed by atoms with E-state index >= 15 is 0 Å². The second kappa shape index (κ2) is 8.31. The third-order valence-corrected chi connectivity index (χ3v) is 4.52. The van der Waals surface area contributed by atoms with Gasteiger partial charge in [-0.2, -0.15) is 13.2 Å². The van der Waals surface area contributed by atoms with Crippen molar-refractivity contribution in [3.8, 4) is 0 Å². The van der Waals surface area contributed by atoms with E-state index in [2.05, 4.69) is 0 Å². The fraction of sp³-hybridized carbons (Fsp3) is 0.130. The number of nitrogens with zero attached hydrogens (tertiary/aromatic N) is 1. The summed E-state index contributed by atoms with van der Waals surface area (Å²) >= 11 is 0. The molecule has 0 spiro atoms. The molecule has 0 heterocycles. The Morgan fingerprint density at radius 3 is 2.00 bits per heavy atom. The van der Waals surface area contributed by atoms with Crippen LogP contribution in [-0.4, -0.2) is 23.6 Å². The van der Waals surface area contributed by atoms with Crippen molar-refractivity contribution in [2.24, 2.45) is 0 Å². The molecule has 0 unspecified atom stereocenters. The summed E-state index contributed by atoms with van der Waals surface area (Å²) in [6.07, 6.45) is -4.51. The lowest BCUT2D eigenvalue weighted by Crippen LogP contribution is -2.29. The summed E-state index contributed by atoms with van der Waals surface area (Å²) in [5.41, 5.74) is -0.0122. The Balaban J connectivity index is 1.90. The van der Waals surface area contributed by atoms with Gasteiger partial charge in [-0.05, 0) is 17.7 Å². The van der Waals surface area contributed by atoms with Gasteiger partial charge in [-0.3, -0.25) is 9.59 Å². The van der Waals surface area contributed by atoms with E-state index in [4.69, 9.17) is 0 Å². The fourth-order valence-electron chi connectivity index (χ4n) is 3.08. The van der Waals surface area contributed by atoms with Gasteiger partial charge >= 0.3 is 6.18 Å². The number of amides is 1. The van der Waals surface area contributed by atoms with Gasteiger partial charge < -0.3 is 4.90 Å². The molecule has 1 amide bonds. The van der Waals surface area contributed by atoms with Crippen LogP contribution in [0, 0.1) is 0 Å². The molecule has 6 heteroatoms. The van der Waals surface area contributed by atoms with Gasteiger partial charge in [0.2, 0.25) is 0 Å². The van der Waals surface area contributed by atoms with Gasteiger partial charge in [0.25, 0.3) is 5.91 Å². The van der Waals surface area contributed by atoms with Crippen LogP contribution < -0.4 is 0 Å². The largest absolute Gasteiger partial charge is 0.416 e. The van der Waals surface area contributed by atoms with E-state index in [1.54, 1.807) is 48.5 Å². The molecular formula is C23H18F3NO2. The van der Waals surface area contributed by atoms with Gasteiger partial charge in [0.15, 0.2) is 5.78 Å². The van der Waals surface area contributed by atoms with Crippen LogP contribution in [0.4, 0.5) is 13.2 Å². The number of rotatable bonds is 5. The average molecular weight is 397 g/mol. The van der Waals surface area contributed by atoms with Crippen LogP contribution in [-0.2, 0) is 12.7 Å². The van der Waals surface area contributed by atoms with Gasteiger partial charge in [0.1, 0.15) is 0 Å². The maximum atomic E-state index is 13.2. The van der Waals surface area contributed by atoms with E-state index in [9.17, 15) is 22.8 Å². The lowest BCUT2D eigenvalue weighted by Gasteiger charge is -2.21. The number of carbonyl (C=O) groups is 2. The van der Waals surface area contributed by atoms with E-state index in [-0.39, 0.29) is 29.0 Å². The number of hydrogen-bond donors (Lipinski definition) is 0. The van der Waals surface area contributed by atoms with Crippen molar-refractivity contribution in [2.75, 3.05) is 7.05 Å². The Morgan fingerprint density at radius 2 is 1.34 bits per heavy atom. The number of ketones is 1. The van der Waals surface area contributed by atoms with Crippen LogP contribution in [0.3, 0.4) is 0 Å². The van der Waals surface area contributed by atoms with Crippen LogP contribution in [0.5, 0.6) is 0 Å². The molecule has 0 fully saturated rings. The molecule has 29 heavy (non-hydrogen) atoms. The molecule has 3 rings (SSSR count). The molecule has 0 N–H and O–H groups in total. The highest BCUT2D eigenvalue weighted by Gasteiger charge is 2.33. The Labute approximate surface area is 166 Å². The van der Waals surface area contributed by atoms with Gasteiger partial charge in [0.05, 0.1) is 11.1 Å². The molecule has 3 aromatic rings. The van der Waals surface area contributed by atoms with Crippen molar-refractivity contribution in [1.82, 2.24) is 4.90 Å². The third-order valence-electron chi connectivity index (χ3n) is 4.52. The minimum Gasteiger partial charge on any atom is -0.337 e. The summed E-state index contributed by atoms with van der Waals surface area (Å²) < 4.78 is 39.7. The summed E-state index contributed by atoms with van der Waals surface area (Å²) in [6.45, 7) is -0.234. The Bertz CT molecular complexity index is 1030. The maximum Gasteiger partial charge on any atom is 0.416 e. The van der Waals surface area contributed by atoms with Crippen LogP contribution in [0.1, 0.15) is 37.4 Å². The Kier molecular flexibility index (Phi) is 5.82. The first-order chi connectivity index (χ1) is 13.8. The predicted molar refractivity (Wildman–Crippen MR) is 104 cm³/mol. The third kappa shape index (κ3) is 4.54. The normalized spacial score (nSPS) is 11.2. The number of halogens is 3. The molecule has 0 aromatic heterocycles. The summed E-state index contributed by atoms with van der Waals surface area (Å²) in [5.74, 6) is -0.847. The van der Waals surface area contributed by atoms with Gasteiger partial charge in [-0.25, -0.2) is 0 Å². The highest BCUT2D eigenvalue weighted by atomic mass is 19.4. The second-order valence-electron chi connectivity index (χ2n) is 6.56. The molecule has 0 atom stereocenters. The molecule has 3 nitrogen and oxygen atoms in total. The van der Waals surface area contributed by atoms with E-state index in [1.807, 2.05) is 0 Å².